The number of thiocarbonyl (C=S) groups is 1. The van der Waals surface area contributed by atoms with Gasteiger partial charge in [-0.1, -0.05) is 39.7 Å². The summed E-state index contributed by atoms with van der Waals surface area (Å²) in [6.07, 6.45) is 0. The van der Waals surface area contributed by atoms with Crippen LogP contribution < -0.4 is 25.0 Å². The van der Waals surface area contributed by atoms with Crippen LogP contribution >= 0.6 is 28.1 Å². The van der Waals surface area contributed by atoms with E-state index in [1.165, 1.54) is 0 Å². The second-order valence-electron chi connectivity index (χ2n) is 9.09. The van der Waals surface area contributed by atoms with Crippen molar-refractivity contribution < 1.29 is 14.3 Å². The molecule has 2 N–H and O–H groups in total. The zero-order valence-corrected chi connectivity index (χ0v) is 22.3. The molecule has 1 saturated heterocycles. The summed E-state index contributed by atoms with van der Waals surface area (Å²) in [5, 5.41) is 7.07. The third-order valence-electron chi connectivity index (χ3n) is 6.69. The lowest BCUT2D eigenvalue weighted by molar-refractivity contribution is -0.130. The number of anilines is 2. The highest BCUT2D eigenvalue weighted by Crippen LogP contribution is 2.50. The molecule has 0 aliphatic carbocycles. The van der Waals surface area contributed by atoms with Crippen LogP contribution in [0.5, 0.6) is 11.5 Å². The molecule has 3 aromatic rings. The van der Waals surface area contributed by atoms with Gasteiger partial charge in [0.2, 0.25) is 5.91 Å². The number of methoxy groups -OCH3 is 1. The molecule has 0 aromatic heterocycles. The van der Waals surface area contributed by atoms with E-state index in [4.69, 9.17) is 21.7 Å². The first-order valence-corrected chi connectivity index (χ1v) is 12.5. The number of carbonyl (C=O) groups is 1. The van der Waals surface area contributed by atoms with Crippen LogP contribution in [-0.4, -0.2) is 23.9 Å². The number of amides is 1. The maximum atomic E-state index is 14.0. The lowest BCUT2D eigenvalue weighted by Gasteiger charge is -2.56. The lowest BCUT2D eigenvalue weighted by Crippen LogP contribution is -2.72. The second-order valence-corrected chi connectivity index (χ2v) is 10.4. The molecule has 6 nitrogen and oxygen atoms in total. The van der Waals surface area contributed by atoms with Gasteiger partial charge in [0.25, 0.3) is 0 Å². The summed E-state index contributed by atoms with van der Waals surface area (Å²) in [5.74, 6) is 0.580. The van der Waals surface area contributed by atoms with E-state index in [9.17, 15) is 4.79 Å². The van der Waals surface area contributed by atoms with Gasteiger partial charge in [-0.15, -0.1) is 0 Å². The molecule has 0 spiro atoms. The molecule has 0 radical (unpaired) electrons. The van der Waals surface area contributed by atoms with Crippen LogP contribution in [0.1, 0.15) is 29.7 Å². The van der Waals surface area contributed by atoms with Crippen molar-refractivity contribution in [2.45, 2.75) is 32.5 Å². The highest BCUT2D eigenvalue weighted by atomic mass is 79.9. The monoisotopic (exact) mass is 551 g/mol. The minimum Gasteiger partial charge on any atom is -0.497 e. The number of fused-ring (bicyclic) bond motifs is 4. The predicted octanol–water partition coefficient (Wildman–Crippen LogP) is 5.87. The molecule has 2 bridgehead atoms. The van der Waals surface area contributed by atoms with E-state index in [1.807, 2.05) is 80.3 Å². The SMILES string of the molecule is COc1ccc2c(c1)[C@H]1NC(=S)N(c3cccc(Br)c3)[C@@](C)(O2)[C@H]1C(=O)Nc1ccc(C)cc1C. The average molecular weight is 552 g/mol. The molecule has 3 atom stereocenters. The molecule has 1 amide bonds. The Morgan fingerprint density at radius 1 is 1.17 bits per heavy atom. The molecule has 180 valence electrons. The number of carbonyl (C=O) groups excluding carboxylic acids is 1. The van der Waals surface area contributed by atoms with Crippen molar-refractivity contribution in [3.63, 3.8) is 0 Å². The maximum Gasteiger partial charge on any atom is 0.236 e. The first-order chi connectivity index (χ1) is 16.7. The Morgan fingerprint density at radius 3 is 2.69 bits per heavy atom. The van der Waals surface area contributed by atoms with Crippen LogP contribution in [0.25, 0.3) is 0 Å². The fourth-order valence-electron chi connectivity index (χ4n) is 5.06. The summed E-state index contributed by atoms with van der Waals surface area (Å²) in [4.78, 5) is 15.9. The number of hydrogen-bond donors (Lipinski definition) is 2. The summed E-state index contributed by atoms with van der Waals surface area (Å²) < 4.78 is 13.0. The van der Waals surface area contributed by atoms with Gasteiger partial charge in [-0.05, 0) is 81.0 Å². The number of halogens is 1. The maximum absolute atomic E-state index is 14.0. The fourth-order valence-corrected chi connectivity index (χ4v) is 5.86. The summed E-state index contributed by atoms with van der Waals surface area (Å²) in [6, 6.07) is 19.0. The zero-order chi connectivity index (χ0) is 24.9. The van der Waals surface area contributed by atoms with E-state index >= 15 is 0 Å². The van der Waals surface area contributed by atoms with Gasteiger partial charge in [-0.2, -0.15) is 0 Å². The Morgan fingerprint density at radius 2 is 1.97 bits per heavy atom. The first kappa shape index (κ1) is 23.6. The number of aryl methyl sites for hydroxylation is 2. The molecule has 5 rings (SSSR count). The summed E-state index contributed by atoms with van der Waals surface area (Å²) >= 11 is 9.38. The lowest BCUT2D eigenvalue weighted by atomic mass is 9.78. The van der Waals surface area contributed by atoms with Gasteiger partial charge >= 0.3 is 0 Å². The molecule has 0 saturated carbocycles. The number of nitrogens with one attached hydrogen (secondary N) is 2. The van der Waals surface area contributed by atoms with Crippen molar-refractivity contribution in [1.82, 2.24) is 5.32 Å². The number of benzene rings is 3. The Bertz CT molecular complexity index is 1350. The quantitative estimate of drug-likeness (QED) is 0.395. The Hall–Kier alpha value is -3.10. The van der Waals surface area contributed by atoms with Crippen molar-refractivity contribution in [1.29, 1.82) is 0 Å². The second kappa shape index (κ2) is 8.84. The molecule has 3 aromatic carbocycles. The summed E-state index contributed by atoms with van der Waals surface area (Å²) in [6.45, 7) is 5.95. The van der Waals surface area contributed by atoms with Crippen molar-refractivity contribution in [2.24, 2.45) is 5.92 Å². The van der Waals surface area contributed by atoms with Crippen LogP contribution in [0.3, 0.4) is 0 Å². The van der Waals surface area contributed by atoms with Gasteiger partial charge in [0.15, 0.2) is 10.8 Å². The molecule has 2 heterocycles. The van der Waals surface area contributed by atoms with Crippen LogP contribution in [0.15, 0.2) is 65.1 Å². The van der Waals surface area contributed by atoms with Gasteiger partial charge < -0.3 is 20.1 Å². The van der Waals surface area contributed by atoms with E-state index in [1.54, 1.807) is 7.11 Å². The molecule has 8 heteroatoms. The molecule has 0 unspecified atom stereocenters. The van der Waals surface area contributed by atoms with E-state index in [2.05, 4.69) is 32.6 Å². The third kappa shape index (κ3) is 4.04. The van der Waals surface area contributed by atoms with Gasteiger partial charge in [0, 0.05) is 21.4 Å². The van der Waals surface area contributed by atoms with Crippen LogP contribution in [0.4, 0.5) is 11.4 Å². The van der Waals surface area contributed by atoms with Crippen molar-refractivity contribution in [3.8, 4) is 11.5 Å². The van der Waals surface area contributed by atoms with Gasteiger partial charge in [0.1, 0.15) is 17.4 Å². The van der Waals surface area contributed by atoms with E-state index < -0.39 is 17.7 Å². The summed E-state index contributed by atoms with van der Waals surface area (Å²) in [5.41, 5.74) is 3.48. The highest BCUT2D eigenvalue weighted by molar-refractivity contribution is 9.10. The van der Waals surface area contributed by atoms with Gasteiger partial charge in [0.05, 0.1) is 13.2 Å². The van der Waals surface area contributed by atoms with Crippen molar-refractivity contribution in [2.75, 3.05) is 17.3 Å². The zero-order valence-electron chi connectivity index (χ0n) is 19.9. The topological polar surface area (TPSA) is 62.8 Å². The number of nitrogens with zero attached hydrogens (tertiary/aromatic N) is 1. The molecule has 2 aliphatic rings. The highest BCUT2D eigenvalue weighted by Gasteiger charge is 2.59. The standard InChI is InChI=1S/C27H26BrN3O3S/c1-15-8-10-21(16(2)12-15)29-25(32)23-24-20-14-19(33-4)9-11-22(20)34-27(23,3)31(26(35)30-24)18-7-5-6-17(28)13-18/h5-14,23-24H,1-4H3,(H,29,32)(H,30,35)/t23-,24-,27+/m1/s1. The average Bonchev–Trinajstić information content (AvgIpc) is 2.80. The molecule has 1 fully saturated rings. The fraction of sp³-hybridized carbons (Fsp3) is 0.259. The van der Waals surface area contributed by atoms with Crippen LogP contribution in [-0.2, 0) is 4.79 Å². The number of ether oxygens (including phenoxy) is 2. The van der Waals surface area contributed by atoms with E-state index in [0.717, 1.165) is 32.5 Å². The molecular formula is C27H26BrN3O3S. The largest absolute Gasteiger partial charge is 0.497 e. The third-order valence-corrected chi connectivity index (χ3v) is 7.49. The Kier molecular flexibility index (Phi) is 5.97. The Labute approximate surface area is 218 Å². The molecule has 35 heavy (non-hydrogen) atoms. The predicted molar refractivity (Wildman–Crippen MR) is 145 cm³/mol. The van der Waals surface area contributed by atoms with E-state index in [0.29, 0.717) is 16.6 Å². The Balaban J connectivity index is 1.64. The first-order valence-electron chi connectivity index (χ1n) is 11.3. The van der Waals surface area contributed by atoms with Crippen LogP contribution in [0, 0.1) is 19.8 Å². The minimum absolute atomic E-state index is 0.159. The number of rotatable bonds is 4. The summed E-state index contributed by atoms with van der Waals surface area (Å²) in [7, 11) is 1.62. The molecular weight excluding hydrogens is 526 g/mol. The minimum atomic E-state index is -1.09. The van der Waals surface area contributed by atoms with Crippen molar-refractivity contribution >= 4 is 50.5 Å². The van der Waals surface area contributed by atoms with Gasteiger partial charge in [-0.3, -0.25) is 9.69 Å². The molecule has 2 aliphatic heterocycles. The smallest absolute Gasteiger partial charge is 0.236 e. The van der Waals surface area contributed by atoms with Crippen molar-refractivity contribution in [3.05, 3.63) is 81.8 Å². The normalized spacial score (nSPS) is 22.5. The van der Waals surface area contributed by atoms with Gasteiger partial charge in [-0.25, -0.2) is 0 Å². The van der Waals surface area contributed by atoms with E-state index in [-0.39, 0.29) is 5.91 Å². The number of hydrogen-bond acceptors (Lipinski definition) is 4. The van der Waals surface area contributed by atoms with Crippen LogP contribution in [0.2, 0.25) is 0 Å².